The van der Waals surface area contributed by atoms with Gasteiger partial charge in [0.05, 0.1) is 25.1 Å². The molecule has 0 bridgehead atoms. The van der Waals surface area contributed by atoms with Gasteiger partial charge in [-0.3, -0.25) is 5.41 Å². The lowest BCUT2D eigenvalue weighted by molar-refractivity contribution is -0.157. The van der Waals surface area contributed by atoms with E-state index >= 15 is 4.79 Å². The zero-order valence-corrected chi connectivity index (χ0v) is 31.4. The molecular formula is C40H46B3N5O7. The van der Waals surface area contributed by atoms with E-state index in [0.29, 0.717) is 37.1 Å². The molecular weight excluding hydrogens is 695 g/mol. The Kier molecular flexibility index (Phi) is 10.4. The molecule has 15 heteroatoms. The van der Waals surface area contributed by atoms with Crippen molar-refractivity contribution >= 4 is 38.7 Å². The van der Waals surface area contributed by atoms with E-state index < -0.39 is 37.1 Å². The molecule has 55 heavy (non-hydrogen) atoms. The molecule has 282 valence electrons. The average molecular weight is 741 g/mol. The molecule has 4 saturated heterocycles. The predicted octanol–water partition coefficient (Wildman–Crippen LogP) is 4.84. The summed E-state index contributed by atoms with van der Waals surface area (Å²) in [5.74, 6) is -0.546. The number of amides is 2. The third-order valence-corrected chi connectivity index (χ3v) is 10.6. The number of hydrogen-bond donors (Lipinski definition) is 4. The molecule has 4 atom stereocenters. The fourth-order valence-corrected chi connectivity index (χ4v) is 8.00. The van der Waals surface area contributed by atoms with E-state index in [4.69, 9.17) is 18.8 Å². The Morgan fingerprint density at radius 2 is 1.31 bits per heavy atom. The number of fused-ring (bicyclic) bond motifs is 1. The molecule has 4 heterocycles. The van der Waals surface area contributed by atoms with Gasteiger partial charge in [0.25, 0.3) is 0 Å². The van der Waals surface area contributed by atoms with Gasteiger partial charge in [0.1, 0.15) is 23.8 Å². The van der Waals surface area contributed by atoms with Crippen molar-refractivity contribution in [2.45, 2.75) is 76.7 Å². The fraction of sp³-hybridized carbons (Fsp3) is 0.350. The van der Waals surface area contributed by atoms with E-state index in [1.165, 1.54) is 0 Å². The summed E-state index contributed by atoms with van der Waals surface area (Å²) >= 11 is 0. The van der Waals surface area contributed by atoms with Gasteiger partial charge in [-0.15, -0.1) is 0 Å². The van der Waals surface area contributed by atoms with Crippen LogP contribution >= 0.6 is 0 Å². The van der Waals surface area contributed by atoms with Crippen molar-refractivity contribution in [2.75, 3.05) is 18.2 Å². The van der Waals surface area contributed by atoms with Crippen LogP contribution < -0.4 is 5.23 Å². The van der Waals surface area contributed by atoms with Gasteiger partial charge in [-0.2, -0.15) is 0 Å². The van der Waals surface area contributed by atoms with E-state index in [1.54, 1.807) is 19.0 Å². The van der Waals surface area contributed by atoms with E-state index in [-0.39, 0.29) is 44.8 Å². The first-order valence-corrected chi connectivity index (χ1v) is 19.0. The average Bonchev–Trinajstić information content (AvgIpc) is 4.12. The molecule has 4 aliphatic rings. The minimum atomic E-state index is -0.911. The Bertz CT molecular complexity index is 1970. The number of phenolic OH excluding ortho intramolecular Hbond substituents is 1. The van der Waals surface area contributed by atoms with Crippen LogP contribution in [-0.4, -0.2) is 101 Å². The van der Waals surface area contributed by atoms with E-state index in [9.17, 15) is 15.5 Å². The summed E-state index contributed by atoms with van der Waals surface area (Å²) in [5, 5.41) is 32.9. The summed E-state index contributed by atoms with van der Waals surface area (Å²) < 4.78 is 26.7. The standard InChI is InChI=1S/C40H46B3N5O7/c1-40(2)54-36-34(21-27-10-6-4-7-11-27)46(23-29-14-17-31(49)18-15-29)39(50)47(35(37(36)55-40)22-28-12-8-5-9-13-28)24-30-16-19-33(45-41(3)51)32(20-30)38(44)48(42-25-52-42)43-26-53-43/h4-20,34-37,44-45,49,51H,21-26H2,1-3H3/t34-,35-,36+,37+/m1/s1. The van der Waals surface area contributed by atoms with Gasteiger partial charge in [-0.05, 0) is 80.0 Å². The van der Waals surface area contributed by atoms with Gasteiger partial charge >= 0.3 is 27.2 Å². The summed E-state index contributed by atoms with van der Waals surface area (Å²) in [4.78, 5) is 19.3. The molecule has 0 saturated carbocycles. The number of rotatable bonds is 13. The monoisotopic (exact) mass is 741 g/mol. The summed E-state index contributed by atoms with van der Waals surface area (Å²) in [6, 6.07) is 32.0. The Morgan fingerprint density at radius 1 is 0.818 bits per heavy atom. The summed E-state index contributed by atoms with van der Waals surface area (Å²) in [7, 11) is -1.36. The normalized spacial score (nSPS) is 22.6. The number of amidine groups is 1. The molecule has 12 nitrogen and oxygen atoms in total. The summed E-state index contributed by atoms with van der Waals surface area (Å²) in [5.41, 5.74) is 4.96. The number of phenols is 1. The maximum Gasteiger partial charge on any atom is 0.430 e. The van der Waals surface area contributed by atoms with Gasteiger partial charge < -0.3 is 48.7 Å². The van der Waals surface area contributed by atoms with Crippen LogP contribution in [0.4, 0.5) is 10.5 Å². The second kappa shape index (κ2) is 15.4. The van der Waals surface area contributed by atoms with Crippen LogP contribution in [0, 0.1) is 5.41 Å². The molecule has 4 fully saturated rings. The van der Waals surface area contributed by atoms with Crippen molar-refractivity contribution in [1.82, 2.24) is 14.5 Å². The number of hydrogen-bond acceptors (Lipinski definition) is 9. The lowest BCUT2D eigenvalue weighted by Crippen LogP contribution is -2.51. The smallest absolute Gasteiger partial charge is 0.430 e. The van der Waals surface area contributed by atoms with Gasteiger partial charge in [-0.1, -0.05) is 78.9 Å². The molecule has 4 aromatic rings. The predicted molar refractivity (Wildman–Crippen MR) is 212 cm³/mol. The van der Waals surface area contributed by atoms with Crippen molar-refractivity contribution in [2.24, 2.45) is 0 Å². The number of nitrogens with zero attached hydrogens (tertiary/aromatic N) is 3. The first-order chi connectivity index (χ1) is 26.5. The zero-order valence-electron chi connectivity index (χ0n) is 31.4. The third-order valence-electron chi connectivity index (χ3n) is 10.6. The van der Waals surface area contributed by atoms with E-state index in [0.717, 1.165) is 22.3 Å². The number of aromatic hydroxyl groups is 1. The molecule has 0 aliphatic carbocycles. The lowest BCUT2D eigenvalue weighted by atomic mass is 9.75. The van der Waals surface area contributed by atoms with Gasteiger partial charge in [0, 0.05) is 24.3 Å². The quantitative estimate of drug-likeness (QED) is 0.0655. The van der Waals surface area contributed by atoms with E-state index in [2.05, 4.69) is 29.5 Å². The van der Waals surface area contributed by atoms with Crippen LogP contribution in [-0.2, 0) is 44.7 Å². The van der Waals surface area contributed by atoms with Crippen molar-refractivity contribution in [3.8, 4) is 5.75 Å². The Morgan fingerprint density at radius 3 is 1.80 bits per heavy atom. The number of benzene rings is 4. The third kappa shape index (κ3) is 8.41. The van der Waals surface area contributed by atoms with Crippen molar-refractivity contribution in [3.05, 3.63) is 131 Å². The highest BCUT2D eigenvalue weighted by Crippen LogP contribution is 2.41. The Labute approximate surface area is 323 Å². The highest BCUT2D eigenvalue weighted by atomic mass is 16.8. The van der Waals surface area contributed by atoms with E-state index in [1.807, 2.05) is 95.1 Å². The van der Waals surface area contributed by atoms with Gasteiger partial charge in [0.15, 0.2) is 5.79 Å². The lowest BCUT2D eigenvalue weighted by Gasteiger charge is -2.37. The Hall–Kier alpha value is -4.79. The first kappa shape index (κ1) is 37.2. The highest BCUT2D eigenvalue weighted by Gasteiger charge is 2.56. The SMILES string of the molecule is CB(O)Nc1ccc(CN2C(=O)N(Cc3ccc(O)cc3)[C@H](Cc3ccccc3)[C@@H]3OC(C)(C)O[C@H]3[C@H]2Cc2ccccc2)cc1C(=N)N(B1CO1)B1CO1. The molecule has 4 aromatic carbocycles. The molecule has 2 amide bonds. The molecule has 0 spiro atoms. The Balaban J connectivity index is 1.23. The minimum Gasteiger partial charge on any atom is -0.508 e. The fourth-order valence-electron chi connectivity index (χ4n) is 8.00. The maximum atomic E-state index is 15.5. The molecule has 8 rings (SSSR count). The minimum absolute atomic E-state index is 0.153. The van der Waals surface area contributed by atoms with Crippen LogP contribution in [0.1, 0.15) is 41.7 Å². The summed E-state index contributed by atoms with van der Waals surface area (Å²) in [6.45, 7) is 7.00. The molecule has 4 N–H and O–H groups in total. The number of nitrogens with one attached hydrogen (secondary N) is 2. The molecule has 0 unspecified atom stereocenters. The second-order valence-corrected chi connectivity index (χ2v) is 15.3. The van der Waals surface area contributed by atoms with Crippen molar-refractivity contribution in [1.29, 1.82) is 5.41 Å². The number of anilines is 1. The van der Waals surface area contributed by atoms with Crippen LogP contribution in [0.25, 0.3) is 0 Å². The topological polar surface area (TPSA) is 147 Å². The summed E-state index contributed by atoms with van der Waals surface area (Å²) in [6.07, 6.45) is 0.109. The molecule has 0 aromatic heterocycles. The number of carbonyl (C=O) groups excluding carboxylic acids is 1. The van der Waals surface area contributed by atoms with Crippen LogP contribution in [0.15, 0.2) is 103 Å². The number of carbonyl (C=O) groups is 1. The van der Waals surface area contributed by atoms with Crippen molar-refractivity contribution < 1.29 is 33.7 Å². The zero-order chi connectivity index (χ0) is 38.3. The molecule has 0 radical (unpaired) electrons. The van der Waals surface area contributed by atoms with Crippen LogP contribution in [0.3, 0.4) is 0 Å². The largest absolute Gasteiger partial charge is 0.508 e. The maximum absolute atomic E-state index is 15.5. The van der Waals surface area contributed by atoms with Gasteiger partial charge in [0.2, 0.25) is 0 Å². The van der Waals surface area contributed by atoms with Crippen LogP contribution in [0.5, 0.6) is 5.75 Å². The second-order valence-electron chi connectivity index (χ2n) is 15.3. The first-order valence-electron chi connectivity index (χ1n) is 19.0. The van der Waals surface area contributed by atoms with Crippen molar-refractivity contribution in [3.63, 3.8) is 0 Å². The van der Waals surface area contributed by atoms with Gasteiger partial charge in [-0.25, -0.2) is 4.79 Å². The highest BCUT2D eigenvalue weighted by molar-refractivity contribution is 6.78. The number of ether oxygens (including phenoxy) is 2. The molecule has 4 aliphatic heterocycles. The van der Waals surface area contributed by atoms with Crippen LogP contribution in [0.2, 0.25) is 6.82 Å². The number of urea groups is 1.